The van der Waals surface area contributed by atoms with E-state index in [0.29, 0.717) is 6.10 Å². The van der Waals surface area contributed by atoms with Crippen LogP contribution in [0.2, 0.25) is 0 Å². The van der Waals surface area contributed by atoms with E-state index in [1.807, 2.05) is 0 Å². The van der Waals surface area contributed by atoms with Crippen molar-refractivity contribution >= 4 is 5.96 Å². The molecule has 6 heteroatoms. The third kappa shape index (κ3) is 7.61. The number of aliphatic imine (C=N–C) groups is 1. The van der Waals surface area contributed by atoms with Crippen LogP contribution < -0.4 is 10.6 Å². The standard InChI is InChI=1S/C23H37N3O3/c1-24-23(25-13-6-15-27-18-20-10-5-16-28-20)26-14-7-17-29-22-12-4-9-19-8-2-3-11-21(19)22/h2-3,8,11,20,22H,4-7,9-10,12-18H2,1H3,(H2,24,25,26). The van der Waals surface area contributed by atoms with E-state index < -0.39 is 0 Å². The van der Waals surface area contributed by atoms with Gasteiger partial charge < -0.3 is 24.8 Å². The Morgan fingerprint density at radius 2 is 1.93 bits per heavy atom. The fourth-order valence-electron chi connectivity index (χ4n) is 3.98. The third-order valence-electron chi connectivity index (χ3n) is 5.56. The Labute approximate surface area is 175 Å². The van der Waals surface area contributed by atoms with Gasteiger partial charge in [0.2, 0.25) is 0 Å². The van der Waals surface area contributed by atoms with Crippen molar-refractivity contribution in [2.45, 2.75) is 57.2 Å². The molecule has 1 aliphatic carbocycles. The first-order valence-electron chi connectivity index (χ1n) is 11.2. The highest BCUT2D eigenvalue weighted by Gasteiger charge is 2.19. The zero-order valence-electron chi connectivity index (χ0n) is 17.8. The number of aryl methyl sites for hydroxylation is 1. The molecule has 0 aromatic heterocycles. The monoisotopic (exact) mass is 403 g/mol. The number of hydrogen-bond acceptors (Lipinski definition) is 4. The van der Waals surface area contributed by atoms with Gasteiger partial charge in [0.15, 0.2) is 5.96 Å². The van der Waals surface area contributed by atoms with E-state index in [1.54, 1.807) is 7.05 Å². The number of guanidine groups is 1. The molecule has 162 valence electrons. The molecular weight excluding hydrogens is 366 g/mol. The van der Waals surface area contributed by atoms with Crippen LogP contribution in [0, 0.1) is 0 Å². The second-order valence-electron chi connectivity index (χ2n) is 7.79. The van der Waals surface area contributed by atoms with E-state index in [2.05, 4.69) is 39.9 Å². The fraction of sp³-hybridized carbons (Fsp3) is 0.696. The molecule has 1 fully saturated rings. The highest BCUT2D eigenvalue weighted by Crippen LogP contribution is 2.32. The number of fused-ring (bicyclic) bond motifs is 1. The predicted octanol–water partition coefficient (Wildman–Crippen LogP) is 3.22. The lowest BCUT2D eigenvalue weighted by atomic mass is 9.89. The van der Waals surface area contributed by atoms with Gasteiger partial charge in [0.1, 0.15) is 0 Å². The zero-order valence-corrected chi connectivity index (χ0v) is 17.8. The van der Waals surface area contributed by atoms with Crippen molar-refractivity contribution < 1.29 is 14.2 Å². The molecule has 2 aliphatic rings. The van der Waals surface area contributed by atoms with Crippen LogP contribution in [0.3, 0.4) is 0 Å². The maximum Gasteiger partial charge on any atom is 0.190 e. The summed E-state index contributed by atoms with van der Waals surface area (Å²) in [5.74, 6) is 0.840. The van der Waals surface area contributed by atoms with Crippen LogP contribution >= 0.6 is 0 Å². The molecule has 0 bridgehead atoms. The van der Waals surface area contributed by atoms with Gasteiger partial charge in [-0.3, -0.25) is 4.99 Å². The molecule has 0 saturated carbocycles. The van der Waals surface area contributed by atoms with Crippen molar-refractivity contribution in [3.63, 3.8) is 0 Å². The minimum atomic E-state index is 0.257. The second kappa shape index (κ2) is 12.8. The molecule has 1 aromatic carbocycles. The topological polar surface area (TPSA) is 64.1 Å². The van der Waals surface area contributed by atoms with Crippen molar-refractivity contribution in [3.05, 3.63) is 35.4 Å². The van der Waals surface area contributed by atoms with E-state index in [0.717, 1.165) is 77.6 Å². The molecule has 2 atom stereocenters. The molecule has 1 saturated heterocycles. The lowest BCUT2D eigenvalue weighted by molar-refractivity contribution is 0.0168. The number of rotatable bonds is 11. The van der Waals surface area contributed by atoms with Crippen molar-refractivity contribution in [2.24, 2.45) is 4.99 Å². The Bertz CT molecular complexity index is 617. The SMILES string of the molecule is CN=C(NCCCOCC1CCCO1)NCCCOC1CCCc2ccccc21. The first kappa shape index (κ1) is 22.1. The van der Waals surface area contributed by atoms with Crippen molar-refractivity contribution in [1.29, 1.82) is 0 Å². The summed E-state index contributed by atoms with van der Waals surface area (Å²) < 4.78 is 17.4. The number of benzene rings is 1. The largest absolute Gasteiger partial charge is 0.379 e. The average Bonchev–Trinajstić information content (AvgIpc) is 3.28. The summed E-state index contributed by atoms with van der Waals surface area (Å²) in [6.45, 7) is 4.82. The fourth-order valence-corrected chi connectivity index (χ4v) is 3.98. The number of nitrogens with zero attached hydrogens (tertiary/aromatic N) is 1. The Kier molecular flexibility index (Phi) is 9.76. The van der Waals surface area contributed by atoms with Crippen LogP contribution in [-0.2, 0) is 20.6 Å². The van der Waals surface area contributed by atoms with Gasteiger partial charge in [-0.05, 0) is 56.1 Å². The summed E-state index contributed by atoms with van der Waals surface area (Å²) in [7, 11) is 1.80. The molecule has 1 aliphatic heterocycles. The highest BCUT2D eigenvalue weighted by molar-refractivity contribution is 5.79. The Hall–Kier alpha value is -1.63. The van der Waals surface area contributed by atoms with Gasteiger partial charge in [-0.1, -0.05) is 24.3 Å². The molecule has 0 radical (unpaired) electrons. The Balaban J connectivity index is 1.20. The molecule has 3 rings (SSSR count). The molecule has 0 amide bonds. The Morgan fingerprint density at radius 3 is 2.72 bits per heavy atom. The van der Waals surface area contributed by atoms with E-state index in [1.165, 1.54) is 24.0 Å². The van der Waals surface area contributed by atoms with Crippen molar-refractivity contribution in [2.75, 3.05) is 46.6 Å². The van der Waals surface area contributed by atoms with E-state index >= 15 is 0 Å². The third-order valence-corrected chi connectivity index (χ3v) is 5.56. The molecule has 0 spiro atoms. The van der Waals surface area contributed by atoms with Gasteiger partial charge in [0.25, 0.3) is 0 Å². The van der Waals surface area contributed by atoms with Crippen LogP contribution in [-0.4, -0.2) is 58.6 Å². The molecular formula is C23H37N3O3. The molecule has 2 N–H and O–H groups in total. The van der Waals surface area contributed by atoms with E-state index in [9.17, 15) is 0 Å². The van der Waals surface area contributed by atoms with E-state index in [-0.39, 0.29) is 6.10 Å². The normalized spacial score (nSPS) is 21.8. The molecule has 29 heavy (non-hydrogen) atoms. The summed E-state index contributed by atoms with van der Waals surface area (Å²) >= 11 is 0. The molecule has 6 nitrogen and oxygen atoms in total. The lowest BCUT2D eigenvalue weighted by Gasteiger charge is -2.25. The van der Waals surface area contributed by atoms with Gasteiger partial charge in [-0.15, -0.1) is 0 Å². The van der Waals surface area contributed by atoms with Crippen molar-refractivity contribution in [1.82, 2.24) is 10.6 Å². The van der Waals surface area contributed by atoms with Crippen molar-refractivity contribution in [3.8, 4) is 0 Å². The van der Waals surface area contributed by atoms with Crippen LogP contribution in [0.15, 0.2) is 29.3 Å². The lowest BCUT2D eigenvalue weighted by Crippen LogP contribution is -2.38. The predicted molar refractivity (Wildman–Crippen MR) is 116 cm³/mol. The number of hydrogen-bond donors (Lipinski definition) is 2. The van der Waals surface area contributed by atoms with Crippen LogP contribution in [0.1, 0.15) is 55.8 Å². The van der Waals surface area contributed by atoms with Gasteiger partial charge in [-0.2, -0.15) is 0 Å². The zero-order chi connectivity index (χ0) is 20.2. The van der Waals surface area contributed by atoms with Crippen LogP contribution in [0.4, 0.5) is 0 Å². The van der Waals surface area contributed by atoms with Gasteiger partial charge >= 0.3 is 0 Å². The van der Waals surface area contributed by atoms with Crippen LogP contribution in [0.5, 0.6) is 0 Å². The van der Waals surface area contributed by atoms with E-state index in [4.69, 9.17) is 14.2 Å². The number of nitrogens with one attached hydrogen (secondary N) is 2. The van der Waals surface area contributed by atoms with Gasteiger partial charge in [0.05, 0.1) is 18.8 Å². The smallest absolute Gasteiger partial charge is 0.190 e. The number of ether oxygens (including phenoxy) is 3. The first-order valence-corrected chi connectivity index (χ1v) is 11.2. The summed E-state index contributed by atoms with van der Waals surface area (Å²) in [6, 6.07) is 8.69. The second-order valence-corrected chi connectivity index (χ2v) is 7.79. The minimum absolute atomic E-state index is 0.257. The summed E-state index contributed by atoms with van der Waals surface area (Å²) in [6.07, 6.45) is 8.30. The molecule has 1 aromatic rings. The Morgan fingerprint density at radius 1 is 1.10 bits per heavy atom. The summed E-state index contributed by atoms with van der Waals surface area (Å²) in [4.78, 5) is 4.28. The van der Waals surface area contributed by atoms with Gasteiger partial charge in [-0.25, -0.2) is 0 Å². The first-order chi connectivity index (χ1) is 14.4. The highest BCUT2D eigenvalue weighted by atomic mass is 16.5. The molecule has 1 heterocycles. The molecule has 2 unspecified atom stereocenters. The minimum Gasteiger partial charge on any atom is -0.379 e. The summed E-state index contributed by atoms with van der Waals surface area (Å²) in [5.41, 5.74) is 2.83. The quantitative estimate of drug-likeness (QED) is 0.337. The average molecular weight is 404 g/mol. The van der Waals surface area contributed by atoms with Gasteiger partial charge in [0, 0.05) is 40.0 Å². The maximum absolute atomic E-state index is 6.17. The van der Waals surface area contributed by atoms with Crippen LogP contribution in [0.25, 0.3) is 0 Å². The maximum atomic E-state index is 6.17. The summed E-state index contributed by atoms with van der Waals surface area (Å²) in [5, 5.41) is 6.70.